The van der Waals surface area contributed by atoms with Gasteiger partial charge in [0.2, 0.25) is 0 Å². The molecule has 3 heteroatoms. The van der Waals surface area contributed by atoms with Crippen molar-refractivity contribution in [3.8, 4) is 44.8 Å². The number of rotatable bonds is 5. The molecular formula is C54H34N2O. The van der Waals surface area contributed by atoms with Crippen LogP contribution in [0.2, 0.25) is 0 Å². The minimum absolute atomic E-state index is 0.898. The summed E-state index contributed by atoms with van der Waals surface area (Å²) < 4.78 is 11.1. The van der Waals surface area contributed by atoms with E-state index in [1.54, 1.807) is 0 Å². The monoisotopic (exact) mass is 726 g/mol. The first kappa shape index (κ1) is 31.7. The fourth-order valence-corrected chi connectivity index (χ4v) is 9.04. The molecule has 3 nitrogen and oxygen atoms in total. The molecule has 0 atom stereocenters. The van der Waals surface area contributed by atoms with Gasteiger partial charge in [-0.25, -0.2) is 0 Å². The Morgan fingerprint density at radius 3 is 1.32 bits per heavy atom. The predicted octanol–water partition coefficient (Wildman–Crippen LogP) is 14.8. The van der Waals surface area contributed by atoms with Gasteiger partial charge in [0, 0.05) is 43.7 Å². The summed E-state index contributed by atoms with van der Waals surface area (Å²) >= 11 is 0. The molecule has 266 valence electrons. The van der Waals surface area contributed by atoms with Crippen molar-refractivity contribution in [3.63, 3.8) is 0 Å². The van der Waals surface area contributed by atoms with E-state index in [1.165, 1.54) is 77.0 Å². The van der Waals surface area contributed by atoms with Gasteiger partial charge in [-0.15, -0.1) is 0 Å². The maximum atomic E-state index is 6.22. The van der Waals surface area contributed by atoms with Crippen molar-refractivity contribution in [2.75, 3.05) is 0 Å². The third-order valence-electron chi connectivity index (χ3n) is 11.7. The number of hydrogen-bond donors (Lipinski definition) is 0. The van der Waals surface area contributed by atoms with Crippen molar-refractivity contribution in [2.45, 2.75) is 0 Å². The summed E-state index contributed by atoms with van der Waals surface area (Å²) in [6.07, 6.45) is 0. The summed E-state index contributed by atoms with van der Waals surface area (Å²) in [6.45, 7) is 0. The number of benzene rings is 9. The predicted molar refractivity (Wildman–Crippen MR) is 239 cm³/mol. The molecule has 0 radical (unpaired) electrons. The van der Waals surface area contributed by atoms with Gasteiger partial charge in [0.15, 0.2) is 0 Å². The Morgan fingerprint density at radius 2 is 0.719 bits per heavy atom. The quantitative estimate of drug-likeness (QED) is 0.173. The van der Waals surface area contributed by atoms with Crippen LogP contribution in [0.4, 0.5) is 0 Å². The van der Waals surface area contributed by atoms with E-state index in [-0.39, 0.29) is 0 Å². The Balaban J connectivity index is 1.08. The van der Waals surface area contributed by atoms with Crippen LogP contribution in [0.1, 0.15) is 0 Å². The average molecular weight is 727 g/mol. The second-order valence-electron chi connectivity index (χ2n) is 14.9. The second kappa shape index (κ2) is 12.5. The number of furan rings is 1. The molecule has 0 amide bonds. The largest absolute Gasteiger partial charge is 0.456 e. The van der Waals surface area contributed by atoms with Crippen molar-refractivity contribution >= 4 is 65.6 Å². The minimum Gasteiger partial charge on any atom is -0.456 e. The summed E-state index contributed by atoms with van der Waals surface area (Å²) in [5.74, 6) is 0. The normalized spacial score (nSPS) is 11.9. The molecule has 0 aliphatic carbocycles. The van der Waals surface area contributed by atoms with Gasteiger partial charge in [-0.1, -0.05) is 140 Å². The van der Waals surface area contributed by atoms with E-state index in [4.69, 9.17) is 4.42 Å². The molecule has 0 bridgehead atoms. The molecule has 0 N–H and O–H groups in total. The number of aromatic nitrogens is 2. The molecule has 0 spiro atoms. The summed E-state index contributed by atoms with van der Waals surface area (Å²) in [7, 11) is 0. The number of nitrogens with zero attached hydrogens (tertiary/aromatic N) is 2. The number of hydrogen-bond acceptors (Lipinski definition) is 1. The summed E-state index contributed by atoms with van der Waals surface area (Å²) in [4.78, 5) is 0. The Kier molecular flexibility index (Phi) is 6.93. The van der Waals surface area contributed by atoms with Crippen LogP contribution >= 0.6 is 0 Å². The fourth-order valence-electron chi connectivity index (χ4n) is 9.04. The van der Waals surface area contributed by atoms with Crippen molar-refractivity contribution in [2.24, 2.45) is 0 Å². The van der Waals surface area contributed by atoms with Crippen LogP contribution in [0.25, 0.3) is 110 Å². The lowest BCUT2D eigenvalue weighted by molar-refractivity contribution is 0.669. The van der Waals surface area contributed by atoms with Crippen molar-refractivity contribution < 1.29 is 4.42 Å². The van der Waals surface area contributed by atoms with Crippen molar-refractivity contribution in [3.05, 3.63) is 206 Å². The van der Waals surface area contributed by atoms with Crippen LogP contribution in [-0.2, 0) is 0 Å². The Bertz CT molecular complexity index is 3450. The standard InChI is InChI=1S/C54H34N2O/c1-3-13-35(14-4-1)39-29-40(36-15-5-2-6-16-36)31-42(30-39)56-50-21-11-8-18-44(50)46-27-24-38(33-52(46)56)37-23-26-45-43-17-7-10-20-49(43)55(51(45)32-37)41-25-28-54-48(34-41)47-19-9-12-22-53(47)57-54/h1-34H. The maximum absolute atomic E-state index is 6.22. The highest BCUT2D eigenvalue weighted by Crippen LogP contribution is 2.40. The van der Waals surface area contributed by atoms with Gasteiger partial charge in [0.25, 0.3) is 0 Å². The van der Waals surface area contributed by atoms with Crippen LogP contribution in [0.5, 0.6) is 0 Å². The second-order valence-corrected chi connectivity index (χ2v) is 14.9. The summed E-state index contributed by atoms with van der Waals surface area (Å²) in [6, 6.07) is 74.7. The SMILES string of the molecule is c1ccc(-c2cc(-c3ccccc3)cc(-n3c4ccccc4c4ccc(-c5ccc6c7ccccc7n(-c7ccc8oc9ccccc9c8c7)c6c5)cc43)c2)cc1. The van der Waals surface area contributed by atoms with Crippen LogP contribution in [0.3, 0.4) is 0 Å². The lowest BCUT2D eigenvalue weighted by Crippen LogP contribution is -1.96. The van der Waals surface area contributed by atoms with Crippen molar-refractivity contribution in [1.29, 1.82) is 0 Å². The Labute approximate surface area is 328 Å². The van der Waals surface area contributed by atoms with Crippen molar-refractivity contribution in [1.82, 2.24) is 9.13 Å². The molecule has 0 saturated carbocycles. The van der Waals surface area contributed by atoms with Gasteiger partial charge in [-0.05, 0) is 100 Å². The zero-order valence-electron chi connectivity index (χ0n) is 30.9. The molecule has 12 rings (SSSR count). The first-order valence-electron chi connectivity index (χ1n) is 19.5. The van der Waals surface area contributed by atoms with Crippen LogP contribution in [0.15, 0.2) is 211 Å². The summed E-state index contributed by atoms with van der Waals surface area (Å²) in [5, 5.41) is 7.19. The van der Waals surface area contributed by atoms with E-state index in [1.807, 2.05) is 12.1 Å². The minimum atomic E-state index is 0.898. The van der Waals surface area contributed by atoms with Crippen LogP contribution in [-0.4, -0.2) is 9.13 Å². The first-order valence-corrected chi connectivity index (χ1v) is 19.5. The molecule has 12 aromatic rings. The molecular weight excluding hydrogens is 693 g/mol. The third-order valence-corrected chi connectivity index (χ3v) is 11.7. The number of fused-ring (bicyclic) bond motifs is 9. The van der Waals surface area contributed by atoms with E-state index in [9.17, 15) is 0 Å². The zero-order chi connectivity index (χ0) is 37.5. The lowest BCUT2D eigenvalue weighted by atomic mass is 9.98. The molecule has 3 heterocycles. The van der Waals surface area contributed by atoms with Gasteiger partial charge in [-0.2, -0.15) is 0 Å². The molecule has 3 aromatic heterocycles. The van der Waals surface area contributed by atoms with Gasteiger partial charge in [0.05, 0.1) is 22.1 Å². The maximum Gasteiger partial charge on any atom is 0.135 e. The summed E-state index contributed by atoms with van der Waals surface area (Å²) in [5.41, 5.74) is 15.9. The Morgan fingerprint density at radius 1 is 0.246 bits per heavy atom. The fraction of sp³-hybridized carbons (Fsp3) is 0. The molecule has 57 heavy (non-hydrogen) atoms. The van der Waals surface area contributed by atoms with Gasteiger partial charge < -0.3 is 13.6 Å². The van der Waals surface area contributed by atoms with Gasteiger partial charge in [-0.3, -0.25) is 0 Å². The van der Waals surface area contributed by atoms with E-state index in [0.717, 1.165) is 33.3 Å². The van der Waals surface area contributed by atoms with Gasteiger partial charge >= 0.3 is 0 Å². The molecule has 0 fully saturated rings. The average Bonchev–Trinajstić information content (AvgIpc) is 3.93. The molecule has 0 aliphatic heterocycles. The van der Waals surface area contributed by atoms with E-state index in [0.29, 0.717) is 0 Å². The zero-order valence-corrected chi connectivity index (χ0v) is 30.9. The first-order chi connectivity index (χ1) is 28.2. The molecule has 0 saturated heterocycles. The number of para-hydroxylation sites is 3. The van der Waals surface area contributed by atoms with Gasteiger partial charge in [0.1, 0.15) is 11.2 Å². The highest BCUT2D eigenvalue weighted by atomic mass is 16.3. The molecule has 0 unspecified atom stereocenters. The molecule has 0 aliphatic rings. The smallest absolute Gasteiger partial charge is 0.135 e. The highest BCUT2D eigenvalue weighted by molar-refractivity contribution is 6.13. The van der Waals surface area contributed by atoms with E-state index < -0.39 is 0 Å². The van der Waals surface area contributed by atoms with Crippen LogP contribution < -0.4 is 0 Å². The lowest BCUT2D eigenvalue weighted by Gasteiger charge is -2.14. The van der Waals surface area contributed by atoms with E-state index in [2.05, 4.69) is 203 Å². The Hall–Kier alpha value is -7.62. The highest BCUT2D eigenvalue weighted by Gasteiger charge is 2.18. The third kappa shape index (κ3) is 4.99. The van der Waals surface area contributed by atoms with Crippen LogP contribution in [0, 0.1) is 0 Å². The topological polar surface area (TPSA) is 23.0 Å². The molecule has 9 aromatic carbocycles. The van der Waals surface area contributed by atoms with E-state index >= 15 is 0 Å².